The van der Waals surface area contributed by atoms with Crippen LogP contribution in [0.25, 0.3) is 0 Å². The maximum absolute atomic E-state index is 12.8. The number of nitrogens with zero attached hydrogens (tertiary/aromatic N) is 2. The maximum Gasteiger partial charge on any atom is 0.269 e. The van der Waals surface area contributed by atoms with E-state index in [-0.39, 0.29) is 11.8 Å². The molecule has 0 saturated heterocycles. The Morgan fingerprint density at radius 1 is 1.03 bits per heavy atom. The Hall–Kier alpha value is -3.04. The lowest BCUT2D eigenvalue weighted by Gasteiger charge is -2.20. The minimum atomic E-state index is -0.343. The van der Waals surface area contributed by atoms with Crippen molar-refractivity contribution in [3.63, 3.8) is 0 Å². The largest absolute Gasteiger partial charge is 0.360 e. The minimum absolute atomic E-state index is 0.321. The Morgan fingerprint density at radius 3 is 2.42 bits per heavy atom. The predicted molar refractivity (Wildman–Crippen MR) is 138 cm³/mol. The van der Waals surface area contributed by atoms with Gasteiger partial charge in [-0.15, -0.1) is 11.3 Å². The Morgan fingerprint density at radius 2 is 1.76 bits per heavy atom. The third-order valence-corrected chi connectivity index (χ3v) is 6.37. The molecule has 0 radical (unpaired) electrons. The summed E-state index contributed by atoms with van der Waals surface area (Å²) in [6, 6.07) is 12.1. The van der Waals surface area contributed by atoms with Gasteiger partial charge in [-0.3, -0.25) is 15.0 Å². The highest BCUT2D eigenvalue weighted by atomic mass is 79.9. The molecule has 0 spiro atoms. The van der Waals surface area contributed by atoms with Gasteiger partial charge in [-0.2, -0.15) is 0 Å². The molecule has 0 saturated carbocycles. The van der Waals surface area contributed by atoms with Gasteiger partial charge in [0, 0.05) is 35.4 Å². The second-order valence-electron chi connectivity index (χ2n) is 7.49. The standard InChI is InChI=1S/C24H26BrN5O2S/c1-3-4-5-13-30(2)22(26)16-6-8-17(9-7-16)23(31)28-19-12-14-33-21(19)24(32)29-20-11-10-18(25)15-27-20/h6-12,14-15,26H,3-5,13H2,1-2H3,(H,28,31)(H,27,29,32). The van der Waals surface area contributed by atoms with Crippen molar-refractivity contribution in [2.75, 3.05) is 24.2 Å². The van der Waals surface area contributed by atoms with Crippen molar-refractivity contribution in [3.8, 4) is 0 Å². The average molecular weight is 528 g/mol. The lowest BCUT2D eigenvalue weighted by molar-refractivity contribution is 0.102. The quantitative estimate of drug-likeness (QED) is 0.184. The van der Waals surface area contributed by atoms with E-state index < -0.39 is 0 Å². The number of pyridine rings is 1. The summed E-state index contributed by atoms with van der Waals surface area (Å²) in [5, 5.41) is 15.7. The average Bonchev–Trinajstić information content (AvgIpc) is 3.28. The Balaban J connectivity index is 1.63. The van der Waals surface area contributed by atoms with Crippen LogP contribution in [0, 0.1) is 5.41 Å². The predicted octanol–water partition coefficient (Wildman–Crippen LogP) is 5.86. The molecular formula is C24H26BrN5O2S. The van der Waals surface area contributed by atoms with Crippen molar-refractivity contribution in [2.24, 2.45) is 0 Å². The number of hydrogen-bond acceptors (Lipinski definition) is 5. The van der Waals surface area contributed by atoms with Gasteiger partial charge in [0.25, 0.3) is 11.8 Å². The minimum Gasteiger partial charge on any atom is -0.360 e. The molecule has 0 aliphatic rings. The summed E-state index contributed by atoms with van der Waals surface area (Å²) >= 11 is 4.55. The summed E-state index contributed by atoms with van der Waals surface area (Å²) in [4.78, 5) is 31.8. The molecule has 1 aromatic carbocycles. The third kappa shape index (κ3) is 6.72. The van der Waals surface area contributed by atoms with Crippen LogP contribution in [0.15, 0.2) is 58.5 Å². The number of rotatable bonds is 9. The molecule has 7 nitrogen and oxygen atoms in total. The van der Waals surface area contributed by atoms with Crippen LogP contribution in [0.2, 0.25) is 0 Å². The molecule has 3 aromatic rings. The van der Waals surface area contributed by atoms with Crippen LogP contribution in [0.1, 0.15) is 51.8 Å². The van der Waals surface area contributed by atoms with Crippen LogP contribution in [0.3, 0.4) is 0 Å². The van der Waals surface area contributed by atoms with Crippen LogP contribution >= 0.6 is 27.3 Å². The molecule has 0 aliphatic heterocycles. The molecule has 2 aromatic heterocycles. The van der Waals surface area contributed by atoms with Crippen molar-refractivity contribution < 1.29 is 9.59 Å². The van der Waals surface area contributed by atoms with E-state index in [0.29, 0.717) is 27.8 Å². The molecule has 0 unspecified atom stereocenters. The van der Waals surface area contributed by atoms with E-state index in [2.05, 4.69) is 38.5 Å². The highest BCUT2D eigenvalue weighted by Crippen LogP contribution is 2.24. The van der Waals surface area contributed by atoms with Gasteiger partial charge in [0.05, 0.1) is 5.69 Å². The van der Waals surface area contributed by atoms with Crippen LogP contribution in [0.4, 0.5) is 11.5 Å². The van der Waals surface area contributed by atoms with Gasteiger partial charge in [0.1, 0.15) is 16.5 Å². The number of aromatic nitrogens is 1. The lowest BCUT2D eigenvalue weighted by atomic mass is 10.1. The van der Waals surface area contributed by atoms with E-state index in [4.69, 9.17) is 5.41 Å². The number of anilines is 2. The zero-order valence-electron chi connectivity index (χ0n) is 18.5. The first-order chi connectivity index (χ1) is 15.9. The van der Waals surface area contributed by atoms with Gasteiger partial charge in [-0.1, -0.05) is 31.9 Å². The first-order valence-corrected chi connectivity index (χ1v) is 12.3. The first kappa shape index (κ1) is 24.6. The summed E-state index contributed by atoms with van der Waals surface area (Å²) < 4.78 is 0.814. The zero-order valence-corrected chi connectivity index (χ0v) is 20.9. The summed E-state index contributed by atoms with van der Waals surface area (Å²) in [6.07, 6.45) is 4.92. The van der Waals surface area contributed by atoms with Gasteiger partial charge in [-0.05, 0) is 58.1 Å². The number of hydrogen-bond donors (Lipinski definition) is 3. The Kier molecular flexibility index (Phi) is 8.73. The van der Waals surface area contributed by atoms with Crippen LogP contribution < -0.4 is 10.6 Å². The Labute approximate surface area is 205 Å². The molecule has 0 atom stereocenters. The number of amidine groups is 1. The number of halogens is 1. The topological polar surface area (TPSA) is 98.2 Å². The van der Waals surface area contributed by atoms with Crippen molar-refractivity contribution in [1.29, 1.82) is 5.41 Å². The van der Waals surface area contributed by atoms with Crippen molar-refractivity contribution in [1.82, 2.24) is 9.88 Å². The number of unbranched alkanes of at least 4 members (excludes halogenated alkanes) is 2. The van der Waals surface area contributed by atoms with Crippen molar-refractivity contribution in [3.05, 3.63) is 74.5 Å². The molecule has 3 rings (SSSR count). The van der Waals surface area contributed by atoms with E-state index in [1.165, 1.54) is 11.3 Å². The van der Waals surface area contributed by atoms with Crippen LogP contribution in [0.5, 0.6) is 0 Å². The maximum atomic E-state index is 12.8. The number of thiophene rings is 1. The summed E-state index contributed by atoms with van der Waals surface area (Å²) in [5.41, 5.74) is 1.64. The van der Waals surface area contributed by atoms with Crippen LogP contribution in [-0.2, 0) is 0 Å². The van der Waals surface area contributed by atoms with Gasteiger partial charge >= 0.3 is 0 Å². The van der Waals surface area contributed by atoms with Crippen LogP contribution in [-0.4, -0.2) is 41.1 Å². The number of amides is 2. The molecule has 0 fully saturated rings. The number of carbonyl (C=O) groups excluding carboxylic acids is 2. The second kappa shape index (κ2) is 11.7. The normalized spacial score (nSPS) is 10.5. The first-order valence-electron chi connectivity index (χ1n) is 10.6. The summed E-state index contributed by atoms with van der Waals surface area (Å²) in [5.74, 6) is 0.187. The summed E-state index contributed by atoms with van der Waals surface area (Å²) in [7, 11) is 1.91. The number of carbonyl (C=O) groups is 2. The van der Waals surface area contributed by atoms with Gasteiger partial charge in [0.2, 0.25) is 0 Å². The summed E-state index contributed by atoms with van der Waals surface area (Å²) in [6.45, 7) is 2.98. The van der Waals surface area contributed by atoms with E-state index in [0.717, 1.165) is 35.8 Å². The van der Waals surface area contributed by atoms with E-state index in [1.54, 1.807) is 54.0 Å². The fraction of sp³-hybridized carbons (Fsp3) is 0.250. The molecule has 9 heteroatoms. The van der Waals surface area contributed by atoms with Gasteiger partial charge in [0.15, 0.2) is 0 Å². The Bertz CT molecular complexity index is 1110. The lowest BCUT2D eigenvalue weighted by Crippen LogP contribution is -2.27. The molecule has 33 heavy (non-hydrogen) atoms. The zero-order chi connectivity index (χ0) is 23.8. The second-order valence-corrected chi connectivity index (χ2v) is 9.32. The van der Waals surface area contributed by atoms with Crippen molar-refractivity contribution in [2.45, 2.75) is 26.2 Å². The molecule has 2 heterocycles. The molecule has 3 N–H and O–H groups in total. The number of nitrogens with one attached hydrogen (secondary N) is 3. The van der Waals surface area contributed by atoms with Crippen molar-refractivity contribution >= 4 is 56.4 Å². The highest BCUT2D eigenvalue weighted by molar-refractivity contribution is 9.10. The third-order valence-electron chi connectivity index (χ3n) is 4.99. The molecular weight excluding hydrogens is 502 g/mol. The molecule has 172 valence electrons. The highest BCUT2D eigenvalue weighted by Gasteiger charge is 2.17. The fourth-order valence-electron chi connectivity index (χ4n) is 3.11. The number of benzene rings is 1. The fourth-order valence-corrected chi connectivity index (χ4v) is 4.09. The van der Waals surface area contributed by atoms with Gasteiger partial charge < -0.3 is 15.5 Å². The molecule has 0 bridgehead atoms. The molecule has 0 aliphatic carbocycles. The SMILES string of the molecule is CCCCCN(C)C(=N)c1ccc(C(=O)Nc2ccsc2C(=O)Nc2ccc(Br)cn2)cc1. The molecule has 2 amide bonds. The van der Waals surface area contributed by atoms with Gasteiger partial charge in [-0.25, -0.2) is 4.98 Å². The van der Waals surface area contributed by atoms with E-state index in [1.807, 2.05) is 11.9 Å². The monoisotopic (exact) mass is 527 g/mol. The smallest absolute Gasteiger partial charge is 0.269 e. The van der Waals surface area contributed by atoms with E-state index >= 15 is 0 Å². The van der Waals surface area contributed by atoms with E-state index in [9.17, 15) is 9.59 Å².